The van der Waals surface area contributed by atoms with Crippen molar-refractivity contribution in [1.29, 1.82) is 0 Å². The van der Waals surface area contributed by atoms with Gasteiger partial charge in [0.05, 0.1) is 6.61 Å². The molecule has 2 nitrogen and oxygen atoms in total. The quantitative estimate of drug-likeness (QED) is 0.762. The third-order valence-electron chi connectivity index (χ3n) is 3.25. The van der Waals surface area contributed by atoms with Gasteiger partial charge in [-0.2, -0.15) is 0 Å². The van der Waals surface area contributed by atoms with Gasteiger partial charge in [-0.05, 0) is 31.0 Å². The Morgan fingerprint density at radius 3 is 3.13 bits per heavy atom. The maximum Gasteiger partial charge on any atom is 0.131 e. The van der Waals surface area contributed by atoms with Gasteiger partial charge in [0.1, 0.15) is 11.6 Å². The molecule has 1 aromatic rings. The van der Waals surface area contributed by atoms with Crippen LogP contribution in [-0.2, 0) is 6.42 Å². The molecular weight excluding hydrogens is 193 g/mol. The average molecular weight is 207 g/mol. The van der Waals surface area contributed by atoms with E-state index in [9.17, 15) is 4.39 Å². The van der Waals surface area contributed by atoms with E-state index in [4.69, 9.17) is 4.74 Å². The molecular formula is C12H14FNO. The van der Waals surface area contributed by atoms with Crippen LogP contribution in [0.25, 0.3) is 0 Å². The first-order valence-corrected chi connectivity index (χ1v) is 5.54. The van der Waals surface area contributed by atoms with Crippen LogP contribution in [0.4, 0.5) is 4.39 Å². The summed E-state index contributed by atoms with van der Waals surface area (Å²) in [5.74, 6) is 0.671. The van der Waals surface area contributed by atoms with Crippen molar-refractivity contribution in [2.75, 3.05) is 13.2 Å². The predicted molar refractivity (Wildman–Crippen MR) is 55.6 cm³/mol. The number of halogens is 1. The Morgan fingerprint density at radius 1 is 1.40 bits per heavy atom. The van der Waals surface area contributed by atoms with Gasteiger partial charge in [-0.1, -0.05) is 6.07 Å². The average Bonchev–Trinajstić information content (AvgIpc) is 2.85. The second kappa shape index (κ2) is 3.49. The van der Waals surface area contributed by atoms with Crippen LogP contribution in [0.5, 0.6) is 5.75 Å². The number of benzene rings is 1. The molecule has 80 valence electrons. The molecule has 1 saturated heterocycles. The number of hydrogen-bond acceptors (Lipinski definition) is 2. The van der Waals surface area contributed by atoms with Gasteiger partial charge in [0.15, 0.2) is 0 Å². The Kier molecular flexibility index (Phi) is 2.13. The van der Waals surface area contributed by atoms with Crippen LogP contribution in [0.1, 0.15) is 30.0 Å². The molecule has 2 aliphatic rings. The molecule has 3 heteroatoms. The first kappa shape index (κ1) is 9.16. The van der Waals surface area contributed by atoms with Gasteiger partial charge in [0, 0.05) is 18.0 Å². The summed E-state index contributed by atoms with van der Waals surface area (Å²) < 4.78 is 19.3. The highest BCUT2D eigenvalue weighted by Crippen LogP contribution is 2.38. The summed E-state index contributed by atoms with van der Waals surface area (Å²) in [4.78, 5) is 0. The van der Waals surface area contributed by atoms with Gasteiger partial charge in [-0.25, -0.2) is 4.39 Å². The maximum atomic E-state index is 13.8. The maximum absolute atomic E-state index is 13.8. The highest BCUT2D eigenvalue weighted by molar-refractivity contribution is 5.46. The van der Waals surface area contributed by atoms with Crippen molar-refractivity contribution in [1.82, 2.24) is 5.32 Å². The van der Waals surface area contributed by atoms with E-state index < -0.39 is 0 Å². The van der Waals surface area contributed by atoms with Crippen molar-refractivity contribution in [2.45, 2.75) is 25.3 Å². The lowest BCUT2D eigenvalue weighted by atomic mass is 10.00. The molecule has 1 unspecified atom stereocenters. The summed E-state index contributed by atoms with van der Waals surface area (Å²) in [7, 11) is 0. The largest absolute Gasteiger partial charge is 0.492 e. The monoisotopic (exact) mass is 207 g/mol. The Balaban J connectivity index is 2.08. The van der Waals surface area contributed by atoms with Gasteiger partial charge in [-0.15, -0.1) is 0 Å². The van der Waals surface area contributed by atoms with Crippen molar-refractivity contribution in [3.8, 4) is 5.75 Å². The van der Waals surface area contributed by atoms with Crippen molar-refractivity contribution >= 4 is 0 Å². The third-order valence-corrected chi connectivity index (χ3v) is 3.25. The summed E-state index contributed by atoms with van der Waals surface area (Å²) in [5, 5.41) is 3.32. The molecule has 0 radical (unpaired) electrons. The molecule has 0 aromatic heterocycles. The third kappa shape index (κ3) is 1.42. The molecule has 1 aromatic carbocycles. The van der Waals surface area contributed by atoms with E-state index >= 15 is 0 Å². The summed E-state index contributed by atoms with van der Waals surface area (Å²) in [5.41, 5.74) is 1.91. The molecule has 0 amide bonds. The predicted octanol–water partition coefficient (Wildman–Crippen LogP) is 2.19. The zero-order valence-electron chi connectivity index (χ0n) is 8.55. The smallest absolute Gasteiger partial charge is 0.131 e. The number of nitrogens with one attached hydrogen (secondary N) is 1. The fraction of sp³-hybridized carbons (Fsp3) is 0.500. The Bertz CT molecular complexity index is 385. The molecule has 2 heterocycles. The standard InChI is InChI=1S/C12H14FNO/c13-9-4-3-8-5-7-15-12(8)11(9)10-2-1-6-14-10/h3-4,10,14H,1-2,5-7H2. The lowest BCUT2D eigenvalue weighted by Crippen LogP contribution is -2.15. The Morgan fingerprint density at radius 2 is 2.33 bits per heavy atom. The summed E-state index contributed by atoms with van der Waals surface area (Å²) in [6.07, 6.45) is 3.04. The highest BCUT2D eigenvalue weighted by atomic mass is 19.1. The molecule has 15 heavy (non-hydrogen) atoms. The minimum absolute atomic E-state index is 0.130. The summed E-state index contributed by atoms with van der Waals surface area (Å²) in [6.45, 7) is 1.67. The van der Waals surface area contributed by atoms with Crippen LogP contribution in [0, 0.1) is 5.82 Å². The molecule has 0 saturated carbocycles. The lowest BCUT2D eigenvalue weighted by molar-refractivity contribution is 0.346. The number of fused-ring (bicyclic) bond motifs is 1. The topological polar surface area (TPSA) is 21.3 Å². The number of rotatable bonds is 1. The number of hydrogen-bond donors (Lipinski definition) is 1. The molecule has 0 aliphatic carbocycles. The SMILES string of the molecule is Fc1ccc2c(c1C1CCCN1)OCC2. The van der Waals surface area contributed by atoms with Crippen LogP contribution in [0.2, 0.25) is 0 Å². The van der Waals surface area contributed by atoms with Crippen molar-refractivity contribution in [3.63, 3.8) is 0 Å². The lowest BCUT2D eigenvalue weighted by Gasteiger charge is -2.15. The minimum atomic E-state index is -0.130. The van der Waals surface area contributed by atoms with E-state index in [2.05, 4.69) is 5.32 Å². The highest BCUT2D eigenvalue weighted by Gasteiger charge is 2.27. The van der Waals surface area contributed by atoms with Crippen molar-refractivity contribution in [3.05, 3.63) is 29.1 Å². The molecule has 1 fully saturated rings. The zero-order valence-corrected chi connectivity index (χ0v) is 8.55. The van der Waals surface area contributed by atoms with Crippen molar-refractivity contribution in [2.24, 2.45) is 0 Å². The van der Waals surface area contributed by atoms with Gasteiger partial charge < -0.3 is 10.1 Å². The van der Waals surface area contributed by atoms with E-state index in [0.29, 0.717) is 6.61 Å². The van der Waals surface area contributed by atoms with Crippen LogP contribution in [0.15, 0.2) is 12.1 Å². The van der Waals surface area contributed by atoms with Crippen LogP contribution in [0.3, 0.4) is 0 Å². The van der Waals surface area contributed by atoms with E-state index in [-0.39, 0.29) is 11.9 Å². The van der Waals surface area contributed by atoms with Crippen LogP contribution < -0.4 is 10.1 Å². The van der Waals surface area contributed by atoms with Crippen molar-refractivity contribution < 1.29 is 9.13 Å². The van der Waals surface area contributed by atoms with Crippen LogP contribution in [-0.4, -0.2) is 13.2 Å². The second-order valence-electron chi connectivity index (χ2n) is 4.20. The Labute approximate surface area is 88.4 Å². The number of ether oxygens (including phenoxy) is 1. The first-order chi connectivity index (χ1) is 7.36. The fourth-order valence-corrected chi connectivity index (χ4v) is 2.51. The van der Waals surface area contributed by atoms with Gasteiger partial charge in [0.2, 0.25) is 0 Å². The van der Waals surface area contributed by atoms with E-state index in [0.717, 1.165) is 42.7 Å². The van der Waals surface area contributed by atoms with E-state index in [1.165, 1.54) is 0 Å². The first-order valence-electron chi connectivity index (χ1n) is 5.54. The second-order valence-corrected chi connectivity index (χ2v) is 4.20. The zero-order chi connectivity index (χ0) is 10.3. The molecule has 1 atom stereocenters. The fourth-order valence-electron chi connectivity index (χ4n) is 2.51. The van der Waals surface area contributed by atoms with Gasteiger partial charge in [0.25, 0.3) is 0 Å². The minimum Gasteiger partial charge on any atom is -0.492 e. The molecule has 1 N–H and O–H groups in total. The van der Waals surface area contributed by atoms with Gasteiger partial charge in [-0.3, -0.25) is 0 Å². The normalized spacial score (nSPS) is 23.9. The molecule has 0 bridgehead atoms. The summed E-state index contributed by atoms with van der Waals surface area (Å²) in [6, 6.07) is 3.57. The molecule has 2 aliphatic heterocycles. The Hall–Kier alpha value is -1.09. The van der Waals surface area contributed by atoms with Gasteiger partial charge >= 0.3 is 0 Å². The summed E-state index contributed by atoms with van der Waals surface area (Å²) >= 11 is 0. The van der Waals surface area contributed by atoms with E-state index in [1.54, 1.807) is 6.07 Å². The molecule has 3 rings (SSSR count). The molecule has 0 spiro atoms. The van der Waals surface area contributed by atoms with Crippen LogP contribution >= 0.6 is 0 Å². The van der Waals surface area contributed by atoms with E-state index in [1.807, 2.05) is 6.07 Å².